The van der Waals surface area contributed by atoms with Gasteiger partial charge in [-0.05, 0) is 37.5 Å². The van der Waals surface area contributed by atoms with Crippen LogP contribution in [0.4, 0.5) is 0 Å². The normalized spacial score (nSPS) is 9.31. The second kappa shape index (κ2) is 20.3. The molecule has 0 unspecified atom stereocenters. The monoisotopic (exact) mass is 449 g/mol. The van der Waals surface area contributed by atoms with Crippen LogP contribution < -0.4 is 15.5 Å². The Kier molecular flexibility index (Phi) is 20.0. The molecule has 7 nitrogen and oxygen atoms in total. The highest BCUT2D eigenvalue weighted by Gasteiger charge is 2.12. The molecule has 2 amide bonds. The van der Waals surface area contributed by atoms with Crippen LogP contribution in [0, 0.1) is 0 Å². The molecule has 0 aliphatic heterocycles. The molecule has 0 aliphatic carbocycles. The number of benzene rings is 2. The first-order valence-corrected chi connectivity index (χ1v) is 11.5. The van der Waals surface area contributed by atoms with Crippen LogP contribution >= 0.6 is 0 Å². The summed E-state index contributed by atoms with van der Waals surface area (Å²) < 4.78 is 5.35. The van der Waals surface area contributed by atoms with Gasteiger partial charge in [-0.15, -0.1) is 0 Å². The highest BCUT2D eigenvalue weighted by molar-refractivity contribution is 6.08. The van der Waals surface area contributed by atoms with E-state index in [0.29, 0.717) is 31.6 Å². The maximum Gasteiger partial charge on any atom is 0.251 e. The Morgan fingerprint density at radius 3 is 2.09 bits per heavy atom. The van der Waals surface area contributed by atoms with E-state index in [9.17, 15) is 9.59 Å². The number of hydroxylamine groups is 1. The third-order valence-electron chi connectivity index (χ3n) is 4.20. The van der Waals surface area contributed by atoms with Crippen molar-refractivity contribution in [3.05, 3.63) is 42.0 Å². The number of amides is 2. The maximum absolute atomic E-state index is 12.5. The highest BCUT2D eigenvalue weighted by atomic mass is 16.5. The molecule has 0 spiro atoms. The lowest BCUT2D eigenvalue weighted by molar-refractivity contribution is -0.129. The third-order valence-corrected chi connectivity index (χ3v) is 4.20. The summed E-state index contributed by atoms with van der Waals surface area (Å²) in [7, 11) is 3.54. The van der Waals surface area contributed by atoms with Gasteiger partial charge < -0.3 is 15.0 Å². The number of rotatable bonds is 9. The minimum atomic E-state index is -0.391. The maximum atomic E-state index is 12.5. The summed E-state index contributed by atoms with van der Waals surface area (Å²) in [5.41, 5.74) is 2.23. The van der Waals surface area contributed by atoms with Crippen molar-refractivity contribution < 1.29 is 19.5 Å². The predicted molar refractivity (Wildman–Crippen MR) is 134 cm³/mol. The van der Waals surface area contributed by atoms with Gasteiger partial charge in [0.15, 0.2) is 0 Å². The first kappa shape index (κ1) is 31.5. The summed E-state index contributed by atoms with van der Waals surface area (Å²) in [6, 6.07) is 11.2. The topological polar surface area (TPSA) is 90.9 Å². The van der Waals surface area contributed by atoms with Crippen molar-refractivity contribution in [2.24, 2.45) is 0 Å². The number of ether oxygens (including phenoxy) is 1. The number of carbonyl (C=O) groups is 2. The van der Waals surface area contributed by atoms with E-state index in [1.165, 1.54) is 0 Å². The van der Waals surface area contributed by atoms with E-state index in [4.69, 9.17) is 9.94 Å². The Bertz CT molecular complexity index is 766. The number of hydrogen-bond donors (Lipinski definition) is 3. The minimum Gasteiger partial charge on any atom is -0.496 e. The van der Waals surface area contributed by atoms with E-state index in [0.717, 1.165) is 16.5 Å². The van der Waals surface area contributed by atoms with Crippen LogP contribution in [-0.4, -0.2) is 55.7 Å². The number of likely N-dealkylation sites (N-methyl/N-ethyl adjacent to an activating group) is 1. The average molecular weight is 450 g/mol. The Morgan fingerprint density at radius 1 is 0.938 bits per heavy atom. The van der Waals surface area contributed by atoms with Gasteiger partial charge in [0.1, 0.15) is 5.75 Å². The molecule has 0 aromatic heterocycles. The fourth-order valence-corrected chi connectivity index (χ4v) is 2.78. The molecule has 0 saturated carbocycles. The van der Waals surface area contributed by atoms with Crippen LogP contribution in [-0.2, 0) is 4.79 Å². The molecule has 32 heavy (non-hydrogen) atoms. The van der Waals surface area contributed by atoms with Crippen molar-refractivity contribution in [3.8, 4) is 5.75 Å². The zero-order chi connectivity index (χ0) is 24.9. The van der Waals surface area contributed by atoms with E-state index in [2.05, 4.69) is 5.32 Å². The molecule has 0 heterocycles. The predicted octanol–water partition coefficient (Wildman–Crippen LogP) is 4.87. The second-order valence-corrected chi connectivity index (χ2v) is 6.06. The molecule has 2 aromatic carbocycles. The van der Waals surface area contributed by atoms with Crippen LogP contribution in [0.5, 0.6) is 5.75 Å². The van der Waals surface area contributed by atoms with Gasteiger partial charge in [-0.25, -0.2) is 5.48 Å². The van der Waals surface area contributed by atoms with Gasteiger partial charge in [0.05, 0.1) is 7.11 Å². The Morgan fingerprint density at radius 2 is 1.53 bits per heavy atom. The molecule has 0 bridgehead atoms. The fourth-order valence-electron chi connectivity index (χ4n) is 2.78. The van der Waals surface area contributed by atoms with Gasteiger partial charge in [0, 0.05) is 30.5 Å². The van der Waals surface area contributed by atoms with Gasteiger partial charge in [-0.3, -0.25) is 14.8 Å². The van der Waals surface area contributed by atoms with E-state index in [1.807, 2.05) is 77.8 Å². The van der Waals surface area contributed by atoms with E-state index in [-0.39, 0.29) is 12.3 Å². The number of nitrogens with zero attached hydrogens (tertiary/aromatic N) is 1. The largest absolute Gasteiger partial charge is 0.496 e. The zero-order valence-electron chi connectivity index (χ0n) is 21.1. The summed E-state index contributed by atoms with van der Waals surface area (Å²) in [6.45, 7) is 13.9. The second-order valence-electron chi connectivity index (χ2n) is 6.06. The van der Waals surface area contributed by atoms with Gasteiger partial charge in [0.25, 0.3) is 5.91 Å². The number of nitrogens with one attached hydrogen (secondary N) is 2. The van der Waals surface area contributed by atoms with Crippen LogP contribution in [0.1, 0.15) is 64.7 Å². The smallest absolute Gasteiger partial charge is 0.251 e. The molecule has 2 rings (SSSR count). The third kappa shape index (κ3) is 11.1. The average Bonchev–Trinajstić information content (AvgIpc) is 2.86. The minimum absolute atomic E-state index is 0.128. The lowest BCUT2D eigenvalue weighted by Gasteiger charge is -2.17. The molecule has 0 atom stereocenters. The Balaban J connectivity index is 0. The molecule has 7 heteroatoms. The van der Waals surface area contributed by atoms with Crippen LogP contribution in [0.3, 0.4) is 0 Å². The molecule has 0 aliphatic rings. The van der Waals surface area contributed by atoms with Crippen LogP contribution in [0.25, 0.3) is 10.8 Å². The number of methoxy groups -OCH3 is 1. The van der Waals surface area contributed by atoms with Crippen molar-refractivity contribution in [1.29, 1.82) is 0 Å². The number of hydrogen-bond acceptors (Lipinski definition) is 5. The number of fused-ring (bicyclic) bond motifs is 1. The first-order valence-electron chi connectivity index (χ1n) is 11.5. The van der Waals surface area contributed by atoms with Crippen molar-refractivity contribution >= 4 is 22.6 Å². The quantitative estimate of drug-likeness (QED) is 0.375. The fraction of sp³-hybridized carbons (Fsp3) is 0.520. The van der Waals surface area contributed by atoms with Crippen molar-refractivity contribution in [3.63, 3.8) is 0 Å². The van der Waals surface area contributed by atoms with Gasteiger partial charge in [-0.2, -0.15) is 0 Å². The number of carbonyl (C=O) groups excluding carboxylic acids is 2. The zero-order valence-corrected chi connectivity index (χ0v) is 21.1. The van der Waals surface area contributed by atoms with Crippen molar-refractivity contribution in [2.75, 3.05) is 33.8 Å². The summed E-state index contributed by atoms with van der Waals surface area (Å²) in [5.74, 6) is 0.221. The summed E-state index contributed by atoms with van der Waals surface area (Å²) in [6.07, 6.45) is 0.908. The SMILES string of the molecule is CC.CC.CC.COc1ccc(C(=O)NCCN(C)CCCC(=O)NO)c2ccccc12. The van der Waals surface area contributed by atoms with Crippen LogP contribution in [0.2, 0.25) is 0 Å². The molecule has 182 valence electrons. The van der Waals surface area contributed by atoms with Crippen molar-refractivity contribution in [1.82, 2.24) is 15.7 Å². The molecule has 3 N–H and O–H groups in total. The van der Waals surface area contributed by atoms with Crippen molar-refractivity contribution in [2.45, 2.75) is 54.4 Å². The van der Waals surface area contributed by atoms with Gasteiger partial charge in [0.2, 0.25) is 5.91 Å². The first-order chi connectivity index (χ1) is 15.6. The molecule has 2 aromatic rings. The standard InChI is InChI=1S/C19H25N3O4.3C2H6/c1-22(12-5-8-18(23)21-25)13-11-20-19(24)16-9-10-17(26-2)15-7-4-3-6-14(15)16;3*1-2/h3-4,6-7,9-10,25H,5,8,11-13H2,1-2H3,(H,20,24)(H,21,23);3*1-2H3. The van der Waals surface area contributed by atoms with E-state index < -0.39 is 5.91 Å². The molecule has 0 radical (unpaired) electrons. The summed E-state index contributed by atoms with van der Waals surface area (Å²) in [4.78, 5) is 25.5. The molecular formula is C25H43N3O4. The Labute approximate surface area is 194 Å². The van der Waals surface area contributed by atoms with Crippen LogP contribution in [0.15, 0.2) is 36.4 Å². The highest BCUT2D eigenvalue weighted by Crippen LogP contribution is 2.28. The Hall–Kier alpha value is -2.64. The molecule has 0 fully saturated rings. The molecule has 0 saturated heterocycles. The summed E-state index contributed by atoms with van der Waals surface area (Å²) >= 11 is 0. The van der Waals surface area contributed by atoms with Gasteiger partial charge >= 0.3 is 0 Å². The van der Waals surface area contributed by atoms with E-state index in [1.54, 1.807) is 24.7 Å². The lowest BCUT2D eigenvalue weighted by Crippen LogP contribution is -2.33. The molecular weight excluding hydrogens is 406 g/mol. The lowest BCUT2D eigenvalue weighted by atomic mass is 10.0. The summed E-state index contributed by atoms with van der Waals surface area (Å²) in [5, 5.41) is 13.1. The van der Waals surface area contributed by atoms with Gasteiger partial charge in [-0.1, -0.05) is 65.8 Å². The van der Waals surface area contributed by atoms with E-state index >= 15 is 0 Å².